The highest BCUT2D eigenvalue weighted by Crippen LogP contribution is 2.44. The van der Waals surface area contributed by atoms with Crippen molar-refractivity contribution in [2.75, 3.05) is 7.11 Å². The predicted molar refractivity (Wildman–Crippen MR) is 66.9 cm³/mol. The van der Waals surface area contributed by atoms with Gasteiger partial charge in [-0.2, -0.15) is 0 Å². The molecule has 0 saturated heterocycles. The van der Waals surface area contributed by atoms with Crippen LogP contribution in [0.4, 0.5) is 0 Å². The maximum absolute atomic E-state index is 5.21. The summed E-state index contributed by atoms with van der Waals surface area (Å²) in [5.74, 6) is 1.99. The van der Waals surface area contributed by atoms with Crippen LogP contribution in [0.2, 0.25) is 0 Å². The molecule has 1 heterocycles. The molecule has 3 unspecified atom stereocenters. The van der Waals surface area contributed by atoms with Crippen LogP contribution in [-0.4, -0.2) is 13.2 Å². The van der Waals surface area contributed by atoms with Crippen LogP contribution in [0, 0.1) is 11.8 Å². The van der Waals surface area contributed by atoms with Gasteiger partial charge in [-0.05, 0) is 43.2 Å². The van der Waals surface area contributed by atoms with E-state index in [0.717, 1.165) is 29.5 Å². The number of rotatable bonds is 4. The highest BCUT2D eigenvalue weighted by Gasteiger charge is 2.38. The van der Waals surface area contributed by atoms with Crippen LogP contribution in [0.25, 0.3) is 0 Å². The molecule has 0 aromatic carbocycles. The number of hydrogen-bond donors (Lipinski definition) is 1. The fourth-order valence-corrected chi connectivity index (χ4v) is 4.06. The van der Waals surface area contributed by atoms with Crippen LogP contribution in [-0.2, 0) is 6.54 Å². The number of fused-ring (bicyclic) bond motifs is 2. The molecule has 0 aliphatic heterocycles. The highest BCUT2D eigenvalue weighted by molar-refractivity contribution is 7.13. The summed E-state index contributed by atoms with van der Waals surface area (Å²) in [4.78, 5) is 1.39. The van der Waals surface area contributed by atoms with Gasteiger partial charge in [0.25, 0.3) is 0 Å². The highest BCUT2D eigenvalue weighted by atomic mass is 32.1. The number of ether oxygens (including phenoxy) is 1. The molecule has 2 fully saturated rings. The standard InChI is InChI=1S/C13H19NOS/c1-15-13-5-4-11(16-13)8-14-12-7-9-2-3-10(12)6-9/h4-5,9-10,12,14H,2-3,6-8H2,1H3. The maximum Gasteiger partial charge on any atom is 0.173 e. The van der Waals surface area contributed by atoms with Crippen molar-refractivity contribution in [1.82, 2.24) is 5.32 Å². The molecule has 2 saturated carbocycles. The first-order valence-corrected chi connectivity index (χ1v) is 7.03. The molecule has 1 N–H and O–H groups in total. The average Bonchev–Trinajstić information content (AvgIpc) is 3.02. The van der Waals surface area contributed by atoms with E-state index in [1.54, 1.807) is 18.4 Å². The van der Waals surface area contributed by atoms with Crippen molar-refractivity contribution in [1.29, 1.82) is 0 Å². The van der Waals surface area contributed by atoms with Crippen LogP contribution in [0.1, 0.15) is 30.6 Å². The first-order valence-electron chi connectivity index (χ1n) is 6.21. The van der Waals surface area contributed by atoms with Crippen LogP contribution < -0.4 is 10.1 Å². The lowest BCUT2D eigenvalue weighted by Crippen LogP contribution is -2.33. The Kier molecular flexibility index (Phi) is 2.90. The van der Waals surface area contributed by atoms with Gasteiger partial charge in [-0.3, -0.25) is 0 Å². The Balaban J connectivity index is 1.53. The zero-order chi connectivity index (χ0) is 11.0. The van der Waals surface area contributed by atoms with Gasteiger partial charge in [-0.25, -0.2) is 0 Å². The van der Waals surface area contributed by atoms with Gasteiger partial charge in [0.15, 0.2) is 5.06 Å². The lowest BCUT2D eigenvalue weighted by Gasteiger charge is -2.22. The van der Waals surface area contributed by atoms with Crippen molar-refractivity contribution in [3.05, 3.63) is 17.0 Å². The summed E-state index contributed by atoms with van der Waals surface area (Å²) in [6, 6.07) is 5.01. The summed E-state index contributed by atoms with van der Waals surface area (Å²) in [6.07, 6.45) is 5.82. The van der Waals surface area contributed by atoms with E-state index in [2.05, 4.69) is 17.4 Å². The zero-order valence-corrected chi connectivity index (χ0v) is 10.6. The number of methoxy groups -OCH3 is 1. The van der Waals surface area contributed by atoms with Gasteiger partial charge < -0.3 is 10.1 Å². The van der Waals surface area contributed by atoms with Crippen molar-refractivity contribution < 1.29 is 4.74 Å². The van der Waals surface area contributed by atoms with E-state index < -0.39 is 0 Å². The number of thiophene rings is 1. The molecule has 2 aliphatic rings. The van der Waals surface area contributed by atoms with Crippen molar-refractivity contribution in [2.45, 2.75) is 38.3 Å². The largest absolute Gasteiger partial charge is 0.487 e. The molecular formula is C13H19NOS. The topological polar surface area (TPSA) is 21.3 Å². The van der Waals surface area contributed by atoms with E-state index in [1.165, 1.54) is 30.6 Å². The van der Waals surface area contributed by atoms with Gasteiger partial charge >= 0.3 is 0 Å². The molecule has 0 amide bonds. The third-order valence-corrected chi connectivity index (χ3v) is 5.16. The summed E-state index contributed by atoms with van der Waals surface area (Å²) in [6.45, 7) is 1.02. The Labute approximate surface area is 101 Å². The minimum atomic E-state index is 0.784. The van der Waals surface area contributed by atoms with Gasteiger partial charge in [0.2, 0.25) is 0 Å². The molecule has 16 heavy (non-hydrogen) atoms. The Morgan fingerprint density at radius 2 is 2.31 bits per heavy atom. The van der Waals surface area contributed by atoms with Crippen molar-refractivity contribution in [3.63, 3.8) is 0 Å². The molecule has 0 spiro atoms. The summed E-state index contributed by atoms with van der Waals surface area (Å²) in [5.41, 5.74) is 0. The van der Waals surface area contributed by atoms with Crippen LogP contribution >= 0.6 is 11.3 Å². The van der Waals surface area contributed by atoms with Gasteiger partial charge in [-0.15, -0.1) is 11.3 Å². The number of nitrogens with one attached hydrogen (secondary N) is 1. The first kappa shape index (κ1) is 10.6. The molecule has 3 rings (SSSR count). The molecule has 1 aromatic rings. The van der Waals surface area contributed by atoms with Gasteiger partial charge in [-0.1, -0.05) is 6.42 Å². The third-order valence-electron chi connectivity index (χ3n) is 4.11. The zero-order valence-electron chi connectivity index (χ0n) is 9.74. The second kappa shape index (κ2) is 4.38. The Hall–Kier alpha value is -0.540. The monoisotopic (exact) mass is 237 g/mol. The minimum absolute atomic E-state index is 0.784. The summed E-state index contributed by atoms with van der Waals surface area (Å²) >= 11 is 1.75. The second-order valence-corrected chi connectivity index (χ2v) is 6.22. The third kappa shape index (κ3) is 1.98. The molecule has 1 aromatic heterocycles. The molecular weight excluding hydrogens is 218 g/mol. The molecule has 88 valence electrons. The normalized spacial score (nSPS) is 32.2. The van der Waals surface area contributed by atoms with E-state index in [-0.39, 0.29) is 0 Å². The predicted octanol–water partition coefficient (Wildman–Crippen LogP) is 3.03. The Bertz CT molecular complexity index is 363. The summed E-state index contributed by atoms with van der Waals surface area (Å²) < 4.78 is 5.21. The fourth-order valence-electron chi connectivity index (χ4n) is 3.29. The van der Waals surface area contributed by atoms with Crippen LogP contribution in [0.15, 0.2) is 12.1 Å². The second-order valence-electron chi connectivity index (χ2n) is 5.09. The average molecular weight is 237 g/mol. The first-order chi connectivity index (χ1) is 7.85. The SMILES string of the molecule is COc1ccc(CNC2CC3CCC2C3)s1. The van der Waals surface area contributed by atoms with E-state index in [0.29, 0.717) is 0 Å². The molecule has 2 aliphatic carbocycles. The lowest BCUT2D eigenvalue weighted by molar-refractivity contribution is 0.351. The van der Waals surface area contributed by atoms with Crippen molar-refractivity contribution in [3.8, 4) is 5.06 Å². The van der Waals surface area contributed by atoms with E-state index in [1.807, 2.05) is 0 Å². The van der Waals surface area contributed by atoms with Crippen molar-refractivity contribution in [2.24, 2.45) is 11.8 Å². The van der Waals surface area contributed by atoms with Gasteiger partial charge in [0.1, 0.15) is 0 Å². The molecule has 3 heteroatoms. The van der Waals surface area contributed by atoms with Crippen molar-refractivity contribution >= 4 is 11.3 Å². The molecule has 0 radical (unpaired) electrons. The Morgan fingerprint density at radius 3 is 2.94 bits per heavy atom. The summed E-state index contributed by atoms with van der Waals surface area (Å²) in [5, 5.41) is 4.74. The fraction of sp³-hybridized carbons (Fsp3) is 0.692. The molecule has 2 bridgehead atoms. The number of hydrogen-bond acceptors (Lipinski definition) is 3. The van der Waals surface area contributed by atoms with E-state index in [4.69, 9.17) is 4.74 Å². The van der Waals surface area contributed by atoms with Crippen LogP contribution in [0.5, 0.6) is 5.06 Å². The lowest BCUT2D eigenvalue weighted by atomic mass is 9.95. The smallest absolute Gasteiger partial charge is 0.173 e. The van der Waals surface area contributed by atoms with E-state index >= 15 is 0 Å². The van der Waals surface area contributed by atoms with Gasteiger partial charge in [0, 0.05) is 17.5 Å². The van der Waals surface area contributed by atoms with Crippen LogP contribution in [0.3, 0.4) is 0 Å². The van der Waals surface area contributed by atoms with Gasteiger partial charge in [0.05, 0.1) is 7.11 Å². The Morgan fingerprint density at radius 1 is 1.38 bits per heavy atom. The maximum atomic E-state index is 5.21. The quantitative estimate of drug-likeness (QED) is 0.869. The minimum Gasteiger partial charge on any atom is -0.487 e. The van der Waals surface area contributed by atoms with E-state index in [9.17, 15) is 0 Å². The molecule has 2 nitrogen and oxygen atoms in total. The molecule has 3 atom stereocenters. The summed E-state index contributed by atoms with van der Waals surface area (Å²) in [7, 11) is 1.74.